The van der Waals surface area contributed by atoms with Crippen LogP contribution in [0.1, 0.15) is 151 Å². The zero-order chi connectivity index (χ0) is 28.7. The van der Waals surface area contributed by atoms with E-state index in [-0.39, 0.29) is 11.5 Å². The zero-order valence-corrected chi connectivity index (χ0v) is 24.7. The molecule has 2 aliphatic rings. The highest BCUT2D eigenvalue weighted by molar-refractivity contribution is 5.32. The Morgan fingerprint density at radius 1 is 0.725 bits per heavy atom. The standard InChI is InChI=1S/C35H48F4O/c1-4-6-7-9-26-12-16-30(17-13-26)31-22-23-32(34(37)33(31)36)35(38,39)40-24(3)27-18-20-29(21-19-27)28-14-10-25(8-5-2)11-15-28/h18-26,28,30H,4-17H2,1-3H3. The number of halogens is 4. The summed E-state index contributed by atoms with van der Waals surface area (Å²) in [5.41, 5.74) is 1.01. The predicted molar refractivity (Wildman–Crippen MR) is 155 cm³/mol. The normalized spacial score (nSPS) is 24.7. The van der Waals surface area contributed by atoms with E-state index < -0.39 is 29.4 Å². The van der Waals surface area contributed by atoms with E-state index in [1.807, 2.05) is 24.3 Å². The van der Waals surface area contributed by atoms with E-state index in [1.54, 1.807) is 0 Å². The van der Waals surface area contributed by atoms with Gasteiger partial charge in [-0.05, 0) is 105 Å². The molecule has 2 saturated carbocycles. The summed E-state index contributed by atoms with van der Waals surface area (Å²) in [6, 6.07) is 10.0. The summed E-state index contributed by atoms with van der Waals surface area (Å²) in [6.07, 6.45) is 10.7. The van der Waals surface area contributed by atoms with Crippen molar-refractivity contribution < 1.29 is 22.3 Å². The molecule has 4 rings (SSSR count). The summed E-state index contributed by atoms with van der Waals surface area (Å²) in [4.78, 5) is 0. The molecule has 0 saturated heterocycles. The third-order valence-electron chi connectivity index (χ3n) is 9.67. The highest BCUT2D eigenvalue weighted by Crippen LogP contribution is 2.43. The van der Waals surface area contributed by atoms with Gasteiger partial charge < -0.3 is 4.74 Å². The maximum Gasteiger partial charge on any atom is 0.386 e. The Kier molecular flexibility index (Phi) is 11.1. The monoisotopic (exact) mass is 560 g/mol. The molecule has 2 aliphatic carbocycles. The van der Waals surface area contributed by atoms with Crippen LogP contribution >= 0.6 is 0 Å². The molecule has 0 bridgehead atoms. The minimum absolute atomic E-state index is 0.125. The van der Waals surface area contributed by atoms with Crippen molar-refractivity contribution in [3.05, 3.63) is 70.3 Å². The fraction of sp³-hybridized carbons (Fsp3) is 0.657. The van der Waals surface area contributed by atoms with Gasteiger partial charge in [0.25, 0.3) is 0 Å². The van der Waals surface area contributed by atoms with Gasteiger partial charge in [-0.25, -0.2) is 8.78 Å². The largest absolute Gasteiger partial charge is 0.386 e. The van der Waals surface area contributed by atoms with E-state index in [0.29, 0.717) is 17.4 Å². The van der Waals surface area contributed by atoms with E-state index >= 15 is 17.6 Å². The fourth-order valence-electron chi connectivity index (χ4n) is 7.14. The molecular formula is C35H48F4O. The molecule has 0 heterocycles. The maximum atomic E-state index is 15.1. The Morgan fingerprint density at radius 3 is 1.93 bits per heavy atom. The van der Waals surface area contributed by atoms with Gasteiger partial charge in [-0.15, -0.1) is 0 Å². The van der Waals surface area contributed by atoms with Crippen molar-refractivity contribution in [1.29, 1.82) is 0 Å². The lowest BCUT2D eigenvalue weighted by Crippen LogP contribution is -2.23. The summed E-state index contributed by atoms with van der Waals surface area (Å²) in [5.74, 6) is -0.810. The molecule has 0 N–H and O–H groups in total. The zero-order valence-electron chi connectivity index (χ0n) is 24.7. The lowest BCUT2D eigenvalue weighted by atomic mass is 9.76. The number of hydrogen-bond donors (Lipinski definition) is 0. The SMILES string of the molecule is CCCCCC1CCC(c2ccc(C(F)(F)OC(C)c3ccc(C4CCC(CCC)CC4)cc3)c(F)c2F)CC1. The van der Waals surface area contributed by atoms with Crippen LogP contribution in [0.2, 0.25) is 0 Å². The number of benzene rings is 2. The van der Waals surface area contributed by atoms with E-state index in [4.69, 9.17) is 4.74 Å². The average molecular weight is 561 g/mol. The summed E-state index contributed by atoms with van der Waals surface area (Å²) >= 11 is 0. The first-order valence-electron chi connectivity index (χ1n) is 15.9. The Morgan fingerprint density at radius 2 is 1.32 bits per heavy atom. The van der Waals surface area contributed by atoms with Crippen LogP contribution in [0.4, 0.5) is 17.6 Å². The number of ether oxygens (including phenoxy) is 1. The molecule has 222 valence electrons. The molecule has 5 heteroatoms. The Hall–Kier alpha value is -1.88. The third kappa shape index (κ3) is 7.69. The van der Waals surface area contributed by atoms with Gasteiger partial charge in [0.15, 0.2) is 11.6 Å². The van der Waals surface area contributed by atoms with Crippen molar-refractivity contribution in [3.63, 3.8) is 0 Å². The van der Waals surface area contributed by atoms with Gasteiger partial charge in [-0.1, -0.05) is 82.7 Å². The molecule has 2 aromatic carbocycles. The number of unbranched alkanes of at least 4 members (excludes halogenated alkanes) is 2. The van der Waals surface area contributed by atoms with Gasteiger partial charge in [0.1, 0.15) is 0 Å². The summed E-state index contributed by atoms with van der Waals surface area (Å²) in [6.45, 7) is 5.95. The average Bonchev–Trinajstić information content (AvgIpc) is 2.95. The van der Waals surface area contributed by atoms with Crippen LogP contribution < -0.4 is 0 Å². The Bertz CT molecular complexity index is 1050. The number of rotatable bonds is 12. The minimum atomic E-state index is -3.95. The second-order valence-electron chi connectivity index (χ2n) is 12.5. The summed E-state index contributed by atoms with van der Waals surface area (Å²) in [5, 5.41) is 0. The van der Waals surface area contributed by atoms with Gasteiger partial charge in [0.05, 0.1) is 11.7 Å². The number of alkyl halides is 2. The van der Waals surface area contributed by atoms with Crippen LogP contribution in [0, 0.1) is 23.5 Å². The highest BCUT2D eigenvalue weighted by atomic mass is 19.3. The molecule has 0 aliphatic heterocycles. The van der Waals surface area contributed by atoms with Gasteiger partial charge in [0.2, 0.25) is 0 Å². The van der Waals surface area contributed by atoms with Gasteiger partial charge in [-0.2, -0.15) is 8.78 Å². The summed E-state index contributed by atoms with van der Waals surface area (Å²) < 4.78 is 65.5. The van der Waals surface area contributed by atoms with Gasteiger partial charge in [-0.3, -0.25) is 0 Å². The van der Waals surface area contributed by atoms with Crippen LogP contribution in [-0.4, -0.2) is 0 Å². The highest BCUT2D eigenvalue weighted by Gasteiger charge is 2.40. The van der Waals surface area contributed by atoms with Crippen molar-refractivity contribution in [2.75, 3.05) is 0 Å². The van der Waals surface area contributed by atoms with Gasteiger partial charge >= 0.3 is 6.11 Å². The molecule has 0 radical (unpaired) electrons. The molecule has 0 amide bonds. The van der Waals surface area contributed by atoms with E-state index in [0.717, 1.165) is 50.5 Å². The lowest BCUT2D eigenvalue weighted by Gasteiger charge is -2.30. The van der Waals surface area contributed by atoms with Crippen molar-refractivity contribution in [1.82, 2.24) is 0 Å². The molecule has 0 spiro atoms. The second-order valence-corrected chi connectivity index (χ2v) is 12.5. The first kappa shape index (κ1) is 31.1. The number of hydrogen-bond acceptors (Lipinski definition) is 1. The molecule has 1 unspecified atom stereocenters. The van der Waals surface area contributed by atoms with Crippen LogP contribution in [0.15, 0.2) is 36.4 Å². The molecule has 0 aromatic heterocycles. The van der Waals surface area contributed by atoms with Crippen molar-refractivity contribution in [3.8, 4) is 0 Å². The van der Waals surface area contributed by atoms with E-state index in [9.17, 15) is 0 Å². The van der Waals surface area contributed by atoms with Crippen LogP contribution in [0.5, 0.6) is 0 Å². The predicted octanol–water partition coefficient (Wildman–Crippen LogP) is 11.7. The van der Waals surface area contributed by atoms with Gasteiger partial charge in [0, 0.05) is 0 Å². The quantitative estimate of drug-likeness (QED) is 0.185. The van der Waals surface area contributed by atoms with Crippen molar-refractivity contribution >= 4 is 0 Å². The van der Waals surface area contributed by atoms with Crippen molar-refractivity contribution in [2.24, 2.45) is 11.8 Å². The van der Waals surface area contributed by atoms with E-state index in [1.165, 1.54) is 69.9 Å². The molecule has 1 nitrogen and oxygen atoms in total. The summed E-state index contributed by atoms with van der Waals surface area (Å²) in [7, 11) is 0. The Balaban J connectivity index is 1.36. The molecule has 1 atom stereocenters. The molecule has 2 fully saturated rings. The Labute approximate surface area is 239 Å². The van der Waals surface area contributed by atoms with Crippen molar-refractivity contribution in [2.45, 2.75) is 135 Å². The minimum Gasteiger partial charge on any atom is -0.309 e. The fourth-order valence-corrected chi connectivity index (χ4v) is 7.14. The third-order valence-corrected chi connectivity index (χ3v) is 9.67. The smallest absolute Gasteiger partial charge is 0.309 e. The first-order chi connectivity index (χ1) is 19.2. The molecule has 40 heavy (non-hydrogen) atoms. The second kappa shape index (κ2) is 14.3. The van der Waals surface area contributed by atoms with Crippen LogP contribution in [-0.2, 0) is 10.8 Å². The maximum absolute atomic E-state index is 15.1. The van der Waals surface area contributed by atoms with E-state index in [2.05, 4.69) is 13.8 Å². The lowest BCUT2D eigenvalue weighted by molar-refractivity contribution is -0.273. The van der Waals surface area contributed by atoms with Crippen LogP contribution in [0.25, 0.3) is 0 Å². The molecular weight excluding hydrogens is 512 g/mol. The van der Waals surface area contributed by atoms with Crippen LogP contribution in [0.3, 0.4) is 0 Å². The first-order valence-corrected chi connectivity index (χ1v) is 15.9. The molecule has 2 aromatic rings. The topological polar surface area (TPSA) is 9.23 Å².